The maximum atomic E-state index is 9.71. The molecular formula is C10H5BrN2O2. The molecule has 4 nitrogen and oxygen atoms in total. The van der Waals surface area contributed by atoms with E-state index in [2.05, 4.69) is 20.9 Å². The molecule has 0 bridgehead atoms. The van der Waals surface area contributed by atoms with Crippen molar-refractivity contribution in [3.8, 4) is 17.7 Å². The zero-order valence-electron chi connectivity index (χ0n) is 7.40. The molecule has 1 heterocycles. The molecule has 0 aliphatic carbocycles. The minimum atomic E-state index is -0.454. The Labute approximate surface area is 93.5 Å². The van der Waals surface area contributed by atoms with Gasteiger partial charge in [-0.1, -0.05) is 15.9 Å². The normalized spacial score (nSPS) is 10.1. The van der Waals surface area contributed by atoms with Crippen molar-refractivity contribution in [1.82, 2.24) is 4.98 Å². The van der Waals surface area contributed by atoms with Gasteiger partial charge in [-0.15, -0.1) is 0 Å². The number of benzene rings is 1. The van der Waals surface area contributed by atoms with Crippen LogP contribution in [0.25, 0.3) is 10.9 Å². The molecule has 0 saturated heterocycles. The Morgan fingerprint density at radius 3 is 2.73 bits per heavy atom. The second-order valence-corrected chi connectivity index (χ2v) is 3.85. The first-order valence-corrected chi connectivity index (χ1v) is 4.84. The molecule has 0 fully saturated rings. The van der Waals surface area contributed by atoms with Gasteiger partial charge in [-0.05, 0) is 18.2 Å². The van der Waals surface area contributed by atoms with Crippen LogP contribution in [0.15, 0.2) is 22.7 Å². The molecule has 0 unspecified atom stereocenters. The molecule has 74 valence electrons. The van der Waals surface area contributed by atoms with E-state index in [0.29, 0.717) is 10.9 Å². The summed E-state index contributed by atoms with van der Waals surface area (Å²) in [7, 11) is 0. The average Bonchev–Trinajstić information content (AvgIpc) is 2.20. The van der Waals surface area contributed by atoms with Crippen LogP contribution < -0.4 is 0 Å². The van der Waals surface area contributed by atoms with E-state index in [1.807, 2.05) is 0 Å². The predicted octanol–water partition coefficient (Wildman–Crippen LogP) is 2.28. The lowest BCUT2D eigenvalue weighted by molar-refractivity contribution is 0.437. The second-order valence-electron chi connectivity index (χ2n) is 2.93. The summed E-state index contributed by atoms with van der Waals surface area (Å²) in [5, 5.41) is 28.2. The molecule has 0 amide bonds. The Hall–Kier alpha value is -1.80. The number of rotatable bonds is 0. The molecule has 0 saturated carbocycles. The SMILES string of the molecule is N#Cc1c(O)nc2ccc(Br)cc2c1O. The van der Waals surface area contributed by atoms with E-state index >= 15 is 0 Å². The first-order valence-electron chi connectivity index (χ1n) is 4.05. The molecule has 2 aromatic rings. The highest BCUT2D eigenvalue weighted by molar-refractivity contribution is 9.10. The van der Waals surface area contributed by atoms with Crippen LogP contribution in [0, 0.1) is 11.3 Å². The van der Waals surface area contributed by atoms with Gasteiger partial charge in [-0.25, -0.2) is 4.98 Å². The van der Waals surface area contributed by atoms with Crippen molar-refractivity contribution in [3.63, 3.8) is 0 Å². The van der Waals surface area contributed by atoms with Crippen LogP contribution in [0.3, 0.4) is 0 Å². The Kier molecular flexibility index (Phi) is 2.21. The van der Waals surface area contributed by atoms with E-state index in [4.69, 9.17) is 5.26 Å². The number of nitriles is 1. The van der Waals surface area contributed by atoms with Gasteiger partial charge in [0.1, 0.15) is 11.8 Å². The molecule has 1 aromatic carbocycles. The smallest absolute Gasteiger partial charge is 0.233 e. The number of fused-ring (bicyclic) bond motifs is 1. The lowest BCUT2D eigenvalue weighted by Crippen LogP contribution is -1.86. The molecule has 0 spiro atoms. The molecular weight excluding hydrogens is 260 g/mol. The zero-order valence-corrected chi connectivity index (χ0v) is 8.98. The number of aromatic hydroxyl groups is 2. The van der Waals surface area contributed by atoms with Gasteiger partial charge in [0, 0.05) is 9.86 Å². The first kappa shape index (κ1) is 9.74. The van der Waals surface area contributed by atoms with Gasteiger partial charge in [-0.3, -0.25) is 0 Å². The van der Waals surface area contributed by atoms with Gasteiger partial charge >= 0.3 is 0 Å². The van der Waals surface area contributed by atoms with Gasteiger partial charge < -0.3 is 10.2 Å². The second kappa shape index (κ2) is 3.41. The Balaban J connectivity index is 2.94. The van der Waals surface area contributed by atoms with Crippen molar-refractivity contribution in [2.24, 2.45) is 0 Å². The summed E-state index contributed by atoms with van der Waals surface area (Å²) < 4.78 is 0.765. The molecule has 0 aliphatic heterocycles. The lowest BCUT2D eigenvalue weighted by Gasteiger charge is -2.04. The molecule has 2 rings (SSSR count). The molecule has 1 aromatic heterocycles. The quantitative estimate of drug-likeness (QED) is 0.766. The van der Waals surface area contributed by atoms with Crippen molar-refractivity contribution in [2.45, 2.75) is 0 Å². The van der Waals surface area contributed by atoms with Crippen LogP contribution in [0.2, 0.25) is 0 Å². The summed E-state index contributed by atoms with van der Waals surface area (Å²) in [5.74, 6) is -0.703. The standard InChI is InChI=1S/C10H5BrN2O2/c11-5-1-2-8-6(3-5)9(14)7(4-12)10(15)13-8/h1-3H,(H2,13,14,15). The third kappa shape index (κ3) is 1.49. The third-order valence-electron chi connectivity index (χ3n) is 2.01. The molecule has 0 radical (unpaired) electrons. The highest BCUT2D eigenvalue weighted by Gasteiger charge is 2.13. The van der Waals surface area contributed by atoms with Crippen LogP contribution >= 0.6 is 15.9 Å². The number of pyridine rings is 1. The van der Waals surface area contributed by atoms with Crippen LogP contribution in [0.4, 0.5) is 0 Å². The van der Waals surface area contributed by atoms with E-state index in [1.165, 1.54) is 0 Å². The molecule has 5 heteroatoms. The van der Waals surface area contributed by atoms with E-state index in [9.17, 15) is 10.2 Å². The largest absolute Gasteiger partial charge is 0.506 e. The van der Waals surface area contributed by atoms with E-state index in [-0.39, 0.29) is 11.3 Å². The third-order valence-corrected chi connectivity index (χ3v) is 2.51. The molecule has 2 N–H and O–H groups in total. The molecule has 0 atom stereocenters. The Morgan fingerprint density at radius 2 is 2.07 bits per heavy atom. The van der Waals surface area contributed by atoms with Gasteiger partial charge in [0.15, 0.2) is 5.56 Å². The Morgan fingerprint density at radius 1 is 1.33 bits per heavy atom. The van der Waals surface area contributed by atoms with Crippen LogP contribution in [-0.2, 0) is 0 Å². The van der Waals surface area contributed by atoms with Gasteiger partial charge in [-0.2, -0.15) is 5.26 Å². The van der Waals surface area contributed by atoms with E-state index < -0.39 is 5.88 Å². The van der Waals surface area contributed by atoms with Gasteiger partial charge in [0.05, 0.1) is 5.52 Å². The molecule has 15 heavy (non-hydrogen) atoms. The van der Waals surface area contributed by atoms with Crippen molar-refractivity contribution >= 4 is 26.8 Å². The highest BCUT2D eigenvalue weighted by atomic mass is 79.9. The van der Waals surface area contributed by atoms with Crippen molar-refractivity contribution < 1.29 is 10.2 Å². The van der Waals surface area contributed by atoms with Crippen molar-refractivity contribution in [3.05, 3.63) is 28.2 Å². The number of nitrogens with zero attached hydrogens (tertiary/aromatic N) is 2. The summed E-state index contributed by atoms with van der Waals surface area (Å²) >= 11 is 3.25. The summed E-state index contributed by atoms with van der Waals surface area (Å²) in [5.41, 5.74) is 0.229. The number of halogens is 1. The predicted molar refractivity (Wildman–Crippen MR) is 57.5 cm³/mol. The maximum absolute atomic E-state index is 9.71. The fraction of sp³-hybridized carbons (Fsp3) is 0. The van der Waals surface area contributed by atoms with E-state index in [1.54, 1.807) is 24.3 Å². The first-order chi connectivity index (χ1) is 7.13. The summed E-state index contributed by atoms with van der Waals surface area (Å²) in [6.45, 7) is 0. The molecule has 0 aliphatic rings. The van der Waals surface area contributed by atoms with Gasteiger partial charge in [0.2, 0.25) is 5.88 Å². The topological polar surface area (TPSA) is 77.1 Å². The lowest BCUT2D eigenvalue weighted by atomic mass is 10.1. The minimum Gasteiger partial charge on any atom is -0.506 e. The monoisotopic (exact) mass is 264 g/mol. The summed E-state index contributed by atoms with van der Waals surface area (Å²) in [4.78, 5) is 3.80. The van der Waals surface area contributed by atoms with Crippen LogP contribution in [0.5, 0.6) is 11.6 Å². The van der Waals surface area contributed by atoms with Crippen molar-refractivity contribution in [2.75, 3.05) is 0 Å². The van der Waals surface area contributed by atoms with Crippen LogP contribution in [0.1, 0.15) is 5.56 Å². The Bertz CT molecular complexity index is 590. The maximum Gasteiger partial charge on any atom is 0.233 e. The van der Waals surface area contributed by atoms with Crippen molar-refractivity contribution in [1.29, 1.82) is 5.26 Å². The minimum absolute atomic E-state index is 0.208. The summed E-state index contributed by atoms with van der Waals surface area (Å²) in [6.07, 6.45) is 0. The van der Waals surface area contributed by atoms with E-state index in [0.717, 1.165) is 4.47 Å². The number of aromatic nitrogens is 1. The zero-order chi connectivity index (χ0) is 11.0. The number of hydrogen-bond donors (Lipinski definition) is 2. The van der Waals surface area contributed by atoms with Gasteiger partial charge in [0.25, 0.3) is 0 Å². The fourth-order valence-electron chi connectivity index (χ4n) is 1.31. The average molecular weight is 265 g/mol. The highest BCUT2D eigenvalue weighted by Crippen LogP contribution is 2.33. The number of hydrogen-bond acceptors (Lipinski definition) is 4. The summed E-state index contributed by atoms with van der Waals surface area (Å²) in [6, 6.07) is 6.71. The fourth-order valence-corrected chi connectivity index (χ4v) is 1.67. The van der Waals surface area contributed by atoms with Crippen LogP contribution in [-0.4, -0.2) is 15.2 Å².